The van der Waals surface area contributed by atoms with Crippen molar-refractivity contribution in [1.82, 2.24) is 10.3 Å². The van der Waals surface area contributed by atoms with Gasteiger partial charge >= 0.3 is 6.09 Å². The molecule has 2 aromatic rings. The smallest absolute Gasteiger partial charge is 0.408 e. The number of carbonyl (C=O) groups excluding carboxylic acids is 1. The van der Waals surface area contributed by atoms with E-state index >= 15 is 0 Å². The molecule has 198 valence electrons. The minimum Gasteiger partial charge on any atom is -0.444 e. The van der Waals surface area contributed by atoms with Gasteiger partial charge in [0.2, 0.25) is 0 Å². The van der Waals surface area contributed by atoms with E-state index in [4.69, 9.17) is 9.47 Å². The van der Waals surface area contributed by atoms with Crippen LogP contribution in [0.25, 0.3) is 10.8 Å². The first-order valence-electron chi connectivity index (χ1n) is 14.2. The number of nitrogens with zero attached hydrogens (tertiary/aromatic N) is 1. The second-order valence-corrected chi connectivity index (χ2v) is 13.4. The van der Waals surface area contributed by atoms with Gasteiger partial charge in [0.1, 0.15) is 5.60 Å². The lowest BCUT2D eigenvalue weighted by atomic mass is 9.58. The fourth-order valence-electron chi connectivity index (χ4n) is 8.49. The summed E-state index contributed by atoms with van der Waals surface area (Å²) < 4.78 is 12.9. The van der Waals surface area contributed by atoms with Crippen molar-refractivity contribution in [2.24, 2.45) is 11.3 Å². The molecule has 38 heavy (non-hydrogen) atoms. The SMILES string of the molecule is CC(C)(C)OC(=O)N[C@@H]1C=CC2=CC3=CC[C@]4(C)[C@@H](c5ccc6ccncc6c5)CC[C@H]4[C@@]34CC[C@]2(C1)O4. The Morgan fingerprint density at radius 2 is 2.00 bits per heavy atom. The second-order valence-electron chi connectivity index (χ2n) is 13.4. The number of alkyl carbamates (subject to hydrolysis) is 1. The summed E-state index contributed by atoms with van der Waals surface area (Å²) in [6, 6.07) is 8.96. The van der Waals surface area contributed by atoms with Crippen LogP contribution in [0.4, 0.5) is 4.79 Å². The van der Waals surface area contributed by atoms with Crippen LogP contribution in [0.15, 0.2) is 72.1 Å². The minimum absolute atomic E-state index is 0.0970. The molecular formula is C33H38N2O3. The number of nitrogens with one attached hydrogen (secondary N) is 1. The summed E-state index contributed by atoms with van der Waals surface area (Å²) in [5.74, 6) is 0.979. The van der Waals surface area contributed by atoms with Gasteiger partial charge in [-0.05, 0) is 104 Å². The Hall–Kier alpha value is -2.92. The molecule has 3 heterocycles. The van der Waals surface area contributed by atoms with Gasteiger partial charge in [-0.3, -0.25) is 4.98 Å². The lowest BCUT2D eigenvalue weighted by Gasteiger charge is -2.53. The highest BCUT2D eigenvalue weighted by atomic mass is 16.6. The maximum absolute atomic E-state index is 12.5. The van der Waals surface area contributed by atoms with Crippen molar-refractivity contribution in [3.8, 4) is 0 Å². The summed E-state index contributed by atoms with van der Waals surface area (Å²) in [5.41, 5.74) is 3.15. The van der Waals surface area contributed by atoms with E-state index in [1.54, 1.807) is 0 Å². The highest BCUT2D eigenvalue weighted by Gasteiger charge is 2.66. The van der Waals surface area contributed by atoms with Crippen molar-refractivity contribution < 1.29 is 14.3 Å². The number of hydrogen-bond acceptors (Lipinski definition) is 4. The highest BCUT2D eigenvalue weighted by molar-refractivity contribution is 5.82. The molecule has 2 spiro atoms. The Balaban J connectivity index is 1.18. The molecule has 5 heteroatoms. The zero-order valence-corrected chi connectivity index (χ0v) is 22.9. The predicted molar refractivity (Wildman–Crippen MR) is 149 cm³/mol. The number of rotatable bonds is 2. The molecule has 1 aromatic carbocycles. The number of carbonyl (C=O) groups is 1. The van der Waals surface area contributed by atoms with Crippen molar-refractivity contribution in [2.45, 2.75) is 95.0 Å². The van der Waals surface area contributed by atoms with Gasteiger partial charge in [-0.25, -0.2) is 4.79 Å². The Morgan fingerprint density at radius 3 is 2.84 bits per heavy atom. The number of pyridine rings is 1. The molecule has 0 unspecified atom stereocenters. The van der Waals surface area contributed by atoms with Crippen LogP contribution in [-0.2, 0) is 9.47 Å². The van der Waals surface area contributed by atoms with Crippen LogP contribution in [0.5, 0.6) is 0 Å². The molecule has 5 nitrogen and oxygen atoms in total. The second kappa shape index (κ2) is 8.05. The Labute approximate surface area is 225 Å². The van der Waals surface area contributed by atoms with Crippen LogP contribution >= 0.6 is 0 Å². The maximum Gasteiger partial charge on any atom is 0.408 e. The number of aromatic nitrogens is 1. The van der Waals surface area contributed by atoms with Gasteiger partial charge in [0.05, 0.1) is 17.2 Å². The number of benzene rings is 1. The number of fused-ring (bicyclic) bond motifs is 2. The Bertz CT molecular complexity index is 1420. The lowest BCUT2D eigenvalue weighted by molar-refractivity contribution is -0.129. The zero-order valence-electron chi connectivity index (χ0n) is 22.9. The molecule has 0 radical (unpaired) electrons. The molecule has 1 amide bonds. The lowest BCUT2D eigenvalue weighted by Crippen LogP contribution is -2.54. The van der Waals surface area contributed by atoms with E-state index in [0.29, 0.717) is 11.8 Å². The molecular weight excluding hydrogens is 472 g/mol. The van der Waals surface area contributed by atoms with Crippen molar-refractivity contribution in [1.29, 1.82) is 0 Å². The number of allylic oxidation sites excluding steroid dienone is 1. The van der Waals surface area contributed by atoms with Crippen LogP contribution in [0.3, 0.4) is 0 Å². The molecule has 1 saturated carbocycles. The quantitative estimate of drug-likeness (QED) is 0.466. The third kappa shape index (κ3) is 3.54. The summed E-state index contributed by atoms with van der Waals surface area (Å²) in [6.07, 6.45) is 18.9. The summed E-state index contributed by atoms with van der Waals surface area (Å²) in [7, 11) is 0. The number of hydrogen-bond donors (Lipinski definition) is 1. The largest absolute Gasteiger partial charge is 0.444 e. The van der Waals surface area contributed by atoms with Crippen LogP contribution in [0.1, 0.15) is 77.7 Å². The maximum atomic E-state index is 12.5. The van der Waals surface area contributed by atoms with E-state index in [-0.39, 0.29) is 28.8 Å². The van der Waals surface area contributed by atoms with Gasteiger partial charge in [-0.1, -0.05) is 43.4 Å². The summed E-state index contributed by atoms with van der Waals surface area (Å²) >= 11 is 0. The summed E-state index contributed by atoms with van der Waals surface area (Å²) in [5, 5.41) is 5.55. The summed E-state index contributed by atoms with van der Waals surface area (Å²) in [6.45, 7) is 8.19. The average molecular weight is 511 g/mol. The topological polar surface area (TPSA) is 60.5 Å². The molecule has 2 fully saturated rings. The number of amides is 1. The molecule has 1 N–H and O–H groups in total. The van der Waals surface area contributed by atoms with E-state index in [9.17, 15) is 4.79 Å². The van der Waals surface area contributed by atoms with Crippen LogP contribution in [0, 0.1) is 11.3 Å². The minimum atomic E-state index is -0.516. The Morgan fingerprint density at radius 1 is 1.13 bits per heavy atom. The van der Waals surface area contributed by atoms with Gasteiger partial charge in [-0.15, -0.1) is 0 Å². The van der Waals surface area contributed by atoms with Gasteiger partial charge in [-0.2, -0.15) is 0 Å². The molecule has 5 aliphatic rings. The molecule has 7 rings (SSSR count). The van der Waals surface area contributed by atoms with Gasteiger partial charge < -0.3 is 14.8 Å². The molecule has 1 saturated heterocycles. The zero-order chi connectivity index (χ0) is 26.3. The standard InChI is InChI=1S/C33H38N2O3/c1-30(2,3)37-29(36)35-26-8-7-24-18-25-11-13-31(4)27(22-6-5-21-12-16-34-20-23(21)17-22)9-10-28(31)33(25)15-14-32(24,19-26)38-33/h5-8,11-12,16-18,20,26-28H,9-10,13-15,19H2,1-4H3,(H,35,36)/t26-,27-,28-,31-,32-,33-/m1/s1. The number of ether oxygens (including phenoxy) is 2. The summed E-state index contributed by atoms with van der Waals surface area (Å²) in [4.78, 5) is 16.9. The molecule has 2 bridgehead atoms. The van der Waals surface area contributed by atoms with Crippen molar-refractivity contribution in [2.75, 3.05) is 0 Å². The highest BCUT2D eigenvalue weighted by Crippen LogP contribution is 2.68. The molecule has 3 aliphatic carbocycles. The van der Waals surface area contributed by atoms with Crippen molar-refractivity contribution >= 4 is 16.9 Å². The molecule has 1 aromatic heterocycles. The fourth-order valence-corrected chi connectivity index (χ4v) is 8.49. The van der Waals surface area contributed by atoms with E-state index < -0.39 is 5.60 Å². The third-order valence-corrected chi connectivity index (χ3v) is 10.1. The van der Waals surface area contributed by atoms with Crippen LogP contribution in [0.2, 0.25) is 0 Å². The van der Waals surface area contributed by atoms with E-state index in [2.05, 4.69) is 65.8 Å². The molecule has 6 atom stereocenters. The van der Waals surface area contributed by atoms with Crippen LogP contribution < -0.4 is 5.32 Å². The van der Waals surface area contributed by atoms with Gasteiger partial charge in [0.25, 0.3) is 0 Å². The monoisotopic (exact) mass is 510 g/mol. The van der Waals surface area contributed by atoms with Gasteiger partial charge in [0.15, 0.2) is 0 Å². The van der Waals surface area contributed by atoms with Crippen molar-refractivity contribution in [3.63, 3.8) is 0 Å². The first-order valence-corrected chi connectivity index (χ1v) is 14.2. The third-order valence-electron chi connectivity index (χ3n) is 10.1. The molecule has 2 aliphatic heterocycles. The normalized spacial score (nSPS) is 37.1. The van der Waals surface area contributed by atoms with Gasteiger partial charge in [0, 0.05) is 24.2 Å². The first-order chi connectivity index (χ1) is 18.1. The first kappa shape index (κ1) is 24.1. The predicted octanol–water partition coefficient (Wildman–Crippen LogP) is 7.15. The fraction of sp³-hybridized carbons (Fsp3) is 0.515. The van der Waals surface area contributed by atoms with E-state index in [1.807, 2.05) is 33.2 Å². The Kier molecular flexibility index (Phi) is 5.11. The van der Waals surface area contributed by atoms with Crippen LogP contribution in [-0.4, -0.2) is 33.9 Å². The average Bonchev–Trinajstić information content (AvgIpc) is 3.37. The van der Waals surface area contributed by atoms with E-state index in [0.717, 1.165) is 25.7 Å². The van der Waals surface area contributed by atoms with Crippen molar-refractivity contribution in [3.05, 3.63) is 77.7 Å². The van der Waals surface area contributed by atoms with E-state index in [1.165, 1.54) is 40.3 Å².